The third-order valence-electron chi connectivity index (χ3n) is 6.20. The maximum absolute atomic E-state index is 12.6. The van der Waals surface area contributed by atoms with Gasteiger partial charge < -0.3 is 8.83 Å². The van der Waals surface area contributed by atoms with Gasteiger partial charge in [-0.1, -0.05) is 59.9 Å². The lowest BCUT2D eigenvalue weighted by atomic mass is 10.0. The highest BCUT2D eigenvalue weighted by Crippen LogP contribution is 2.24. The van der Waals surface area contributed by atoms with Crippen LogP contribution in [0, 0.1) is 0 Å². The Hall–Kier alpha value is -5.34. The molecule has 6 rings (SSSR count). The molecule has 4 N–H and O–H groups in total. The summed E-state index contributed by atoms with van der Waals surface area (Å²) in [5.74, 6) is -1.89. The van der Waals surface area contributed by atoms with Crippen molar-refractivity contribution < 1.29 is 28.0 Å². The second-order valence-electron chi connectivity index (χ2n) is 9.25. The van der Waals surface area contributed by atoms with E-state index in [-0.39, 0.29) is 11.5 Å². The number of hydrogen-bond acceptors (Lipinski definition) is 10. The van der Waals surface area contributed by atoms with Crippen molar-refractivity contribution in [1.82, 2.24) is 31.7 Å². The second-order valence-corrected chi connectivity index (χ2v) is 11.1. The maximum atomic E-state index is 12.6. The van der Waals surface area contributed by atoms with Crippen LogP contribution in [0.25, 0.3) is 33.0 Å². The monoisotopic (exact) mass is 626 g/mol. The third-order valence-corrected chi connectivity index (χ3v) is 7.85. The van der Waals surface area contributed by atoms with Gasteiger partial charge in [-0.2, -0.15) is 0 Å². The normalized spacial score (nSPS) is 11.0. The van der Waals surface area contributed by atoms with Gasteiger partial charge in [-0.15, -0.1) is 0 Å². The van der Waals surface area contributed by atoms with Gasteiger partial charge in [-0.05, 0) is 59.3 Å². The lowest BCUT2D eigenvalue weighted by Crippen LogP contribution is -2.42. The molecule has 4 amide bonds. The zero-order valence-electron chi connectivity index (χ0n) is 22.7. The largest absolute Gasteiger partial charge is 0.431 e. The van der Waals surface area contributed by atoms with Crippen LogP contribution >= 0.6 is 23.5 Å². The van der Waals surface area contributed by atoms with Gasteiger partial charge >= 0.3 is 0 Å². The molecule has 4 aromatic carbocycles. The molecular weight excluding hydrogens is 605 g/mol. The molecular formula is C30H22N6O6S2. The number of nitrogens with zero attached hydrogens (tertiary/aromatic N) is 2. The number of fused-ring (bicyclic) bond motifs is 3. The van der Waals surface area contributed by atoms with Crippen molar-refractivity contribution in [2.45, 2.75) is 10.4 Å². The van der Waals surface area contributed by atoms with Crippen LogP contribution in [0.1, 0.15) is 20.7 Å². The van der Waals surface area contributed by atoms with Crippen molar-refractivity contribution in [3.63, 3.8) is 0 Å². The lowest BCUT2D eigenvalue weighted by molar-refractivity contribution is -0.120. The van der Waals surface area contributed by atoms with Crippen LogP contribution < -0.4 is 21.7 Å². The molecule has 0 aliphatic heterocycles. The van der Waals surface area contributed by atoms with Crippen molar-refractivity contribution >= 4 is 80.1 Å². The number of para-hydroxylation sites is 4. The summed E-state index contributed by atoms with van der Waals surface area (Å²) < 4.78 is 11.1. The van der Waals surface area contributed by atoms with E-state index >= 15 is 0 Å². The molecule has 44 heavy (non-hydrogen) atoms. The summed E-state index contributed by atoms with van der Waals surface area (Å²) in [6.45, 7) is 0. The van der Waals surface area contributed by atoms with Crippen molar-refractivity contribution in [2.24, 2.45) is 0 Å². The van der Waals surface area contributed by atoms with E-state index in [1.54, 1.807) is 48.5 Å². The van der Waals surface area contributed by atoms with Gasteiger partial charge in [-0.3, -0.25) is 40.9 Å². The fourth-order valence-electron chi connectivity index (χ4n) is 4.08. The minimum atomic E-state index is -0.507. The summed E-state index contributed by atoms with van der Waals surface area (Å²) in [6.07, 6.45) is 0. The van der Waals surface area contributed by atoms with Gasteiger partial charge in [-0.25, -0.2) is 9.97 Å². The molecule has 0 aliphatic carbocycles. The molecule has 0 saturated carbocycles. The van der Waals surface area contributed by atoms with Crippen LogP contribution in [-0.2, 0) is 9.59 Å². The molecule has 14 heteroatoms. The Balaban J connectivity index is 0.967. The predicted molar refractivity (Wildman–Crippen MR) is 165 cm³/mol. The third kappa shape index (κ3) is 6.82. The molecule has 0 spiro atoms. The Morgan fingerprint density at radius 1 is 0.568 bits per heavy atom. The first-order chi connectivity index (χ1) is 21.4. The van der Waals surface area contributed by atoms with E-state index in [0.717, 1.165) is 23.5 Å². The first-order valence-electron chi connectivity index (χ1n) is 13.1. The molecule has 2 aromatic heterocycles. The molecule has 0 fully saturated rings. The average molecular weight is 627 g/mol. The minimum absolute atomic E-state index is 0.00649. The van der Waals surface area contributed by atoms with Crippen LogP contribution in [0.15, 0.2) is 104 Å². The second kappa shape index (κ2) is 12.9. The topological polar surface area (TPSA) is 168 Å². The lowest BCUT2D eigenvalue weighted by Gasteiger charge is -2.09. The zero-order valence-corrected chi connectivity index (χ0v) is 24.3. The summed E-state index contributed by atoms with van der Waals surface area (Å²) in [5, 5.41) is 2.11. The number of oxazole rings is 2. The molecule has 0 radical (unpaired) electrons. The Morgan fingerprint density at radius 3 is 1.43 bits per heavy atom. The van der Waals surface area contributed by atoms with Gasteiger partial charge in [0, 0.05) is 11.1 Å². The number of hydrazine groups is 2. The number of thioether (sulfide) groups is 2. The molecule has 0 aliphatic rings. The smallest absolute Gasteiger partial charge is 0.269 e. The Bertz CT molecular complexity index is 1830. The van der Waals surface area contributed by atoms with Crippen LogP contribution in [0.2, 0.25) is 0 Å². The van der Waals surface area contributed by atoms with E-state index in [2.05, 4.69) is 31.7 Å². The summed E-state index contributed by atoms with van der Waals surface area (Å²) in [4.78, 5) is 58.3. The van der Waals surface area contributed by atoms with Gasteiger partial charge in [0.05, 0.1) is 11.5 Å². The molecule has 0 atom stereocenters. The number of nitrogens with one attached hydrogen (secondary N) is 4. The number of carbonyl (C=O) groups excluding carboxylic acids is 4. The van der Waals surface area contributed by atoms with Crippen molar-refractivity contribution in [3.05, 3.63) is 96.1 Å². The fourth-order valence-corrected chi connectivity index (χ4v) is 5.35. The number of amides is 4. The summed E-state index contributed by atoms with van der Waals surface area (Å²) >= 11 is 2.22. The first-order valence-corrected chi connectivity index (χ1v) is 15.1. The Morgan fingerprint density at radius 2 is 1.00 bits per heavy atom. The highest BCUT2D eigenvalue weighted by Gasteiger charge is 2.14. The molecule has 2 heterocycles. The summed E-state index contributed by atoms with van der Waals surface area (Å²) in [7, 11) is 0. The standard InChI is InChI=1S/C30H22N6O6S2/c37-25(15-43-29-31-21-5-1-3-7-23(21)41-29)33-35-27(39)19-11-9-18-14-20(12-10-17(18)13-19)28(40)36-34-26(38)16-44-30-32-22-6-2-4-8-24(22)42-30/h1-14H,15-16H2,(H,33,37)(H,34,38)(H,35,39)(H,36,40). The number of aromatic nitrogens is 2. The Labute approximate surface area is 257 Å². The van der Waals surface area contributed by atoms with Crippen molar-refractivity contribution in [2.75, 3.05) is 11.5 Å². The van der Waals surface area contributed by atoms with E-state index in [4.69, 9.17) is 8.83 Å². The molecule has 0 unspecified atom stereocenters. The molecule has 6 aromatic rings. The number of rotatable bonds is 8. The van der Waals surface area contributed by atoms with E-state index in [0.29, 0.717) is 54.5 Å². The van der Waals surface area contributed by atoms with Gasteiger partial charge in [0.2, 0.25) is 11.8 Å². The van der Waals surface area contributed by atoms with Crippen molar-refractivity contribution in [1.29, 1.82) is 0 Å². The molecule has 12 nitrogen and oxygen atoms in total. The number of hydrogen-bond donors (Lipinski definition) is 4. The molecule has 220 valence electrons. The highest BCUT2D eigenvalue weighted by atomic mass is 32.2. The maximum Gasteiger partial charge on any atom is 0.269 e. The van der Waals surface area contributed by atoms with E-state index in [1.165, 1.54) is 0 Å². The van der Waals surface area contributed by atoms with Gasteiger partial charge in [0.25, 0.3) is 22.3 Å². The quantitative estimate of drug-likeness (QED) is 0.142. The van der Waals surface area contributed by atoms with Crippen LogP contribution in [0.3, 0.4) is 0 Å². The SMILES string of the molecule is O=C(CSc1nc2ccccc2o1)NNC(=O)c1ccc2cc(C(=O)NNC(=O)CSc3nc4ccccc4o3)ccc2c1. The Kier molecular flexibility index (Phi) is 8.43. The molecule has 0 bridgehead atoms. The number of carbonyl (C=O) groups is 4. The van der Waals surface area contributed by atoms with Gasteiger partial charge in [0.15, 0.2) is 11.2 Å². The first kappa shape index (κ1) is 28.8. The zero-order chi connectivity index (χ0) is 30.5. The summed E-state index contributed by atoms with van der Waals surface area (Å²) in [5.41, 5.74) is 12.8. The van der Waals surface area contributed by atoms with Crippen LogP contribution in [-0.4, -0.2) is 45.1 Å². The predicted octanol–water partition coefficient (Wildman–Crippen LogP) is 4.23. The average Bonchev–Trinajstić information content (AvgIpc) is 3.67. The fraction of sp³-hybridized carbons (Fsp3) is 0.0667. The van der Waals surface area contributed by atoms with Gasteiger partial charge in [0.1, 0.15) is 11.0 Å². The van der Waals surface area contributed by atoms with E-state index < -0.39 is 23.6 Å². The number of benzene rings is 4. The van der Waals surface area contributed by atoms with E-state index in [1.807, 2.05) is 36.4 Å². The van der Waals surface area contributed by atoms with Crippen LogP contribution in [0.4, 0.5) is 0 Å². The minimum Gasteiger partial charge on any atom is -0.431 e. The van der Waals surface area contributed by atoms with Crippen molar-refractivity contribution in [3.8, 4) is 0 Å². The van der Waals surface area contributed by atoms with E-state index in [9.17, 15) is 19.2 Å². The van der Waals surface area contributed by atoms with Crippen LogP contribution in [0.5, 0.6) is 0 Å². The highest BCUT2D eigenvalue weighted by molar-refractivity contribution is 8.00. The molecule has 0 saturated heterocycles. The summed E-state index contributed by atoms with van der Waals surface area (Å²) in [6, 6.07) is 24.3.